The predicted molar refractivity (Wildman–Crippen MR) is 104 cm³/mol. The Balaban J connectivity index is 1.78. The number of para-hydroxylation sites is 1. The zero-order valence-electron chi connectivity index (χ0n) is 15.8. The van der Waals surface area contributed by atoms with Crippen LogP contribution in [0.1, 0.15) is 40.2 Å². The van der Waals surface area contributed by atoms with Crippen LogP contribution in [-0.4, -0.2) is 53.2 Å². The summed E-state index contributed by atoms with van der Waals surface area (Å²) in [4.78, 5) is 13.6. The van der Waals surface area contributed by atoms with Gasteiger partial charge in [0.25, 0.3) is 5.91 Å². The summed E-state index contributed by atoms with van der Waals surface area (Å²) in [6, 6.07) is 5.78. The Morgan fingerprint density at radius 1 is 1.30 bits per heavy atom. The average molecular weight is 463 g/mol. The molecule has 2 aliphatic heterocycles. The number of fused-ring (bicyclic) bond motifs is 1. The van der Waals surface area contributed by atoms with Crippen LogP contribution in [0.5, 0.6) is 0 Å². The average Bonchev–Trinajstić information content (AvgIpc) is 3.15. The van der Waals surface area contributed by atoms with Crippen molar-refractivity contribution in [1.29, 1.82) is 0 Å². The minimum Gasteiger partial charge on any atom is -0.361 e. The Morgan fingerprint density at radius 2 is 2.00 bits per heavy atom. The summed E-state index contributed by atoms with van der Waals surface area (Å²) in [5.74, 6) is -0.923. The molecule has 1 fully saturated rings. The summed E-state index contributed by atoms with van der Waals surface area (Å²) in [6.45, 7) is 0.0934. The molecule has 0 radical (unpaired) electrons. The molecular weight excluding hydrogens is 445 g/mol. The molecule has 0 saturated carbocycles. The van der Waals surface area contributed by atoms with Crippen molar-refractivity contribution in [3.63, 3.8) is 0 Å². The maximum absolute atomic E-state index is 13.3. The molecule has 0 aliphatic carbocycles. The van der Waals surface area contributed by atoms with Crippen molar-refractivity contribution in [3.05, 3.63) is 46.2 Å². The van der Waals surface area contributed by atoms with Crippen LogP contribution in [-0.2, 0) is 9.84 Å². The fourth-order valence-corrected chi connectivity index (χ4v) is 6.04. The fourth-order valence-electron chi connectivity index (χ4n) is 3.93. The van der Waals surface area contributed by atoms with Gasteiger partial charge in [-0.05, 0) is 25.5 Å². The van der Waals surface area contributed by atoms with Crippen molar-refractivity contribution in [3.8, 4) is 0 Å². The molecule has 7 nitrogen and oxygen atoms in total. The van der Waals surface area contributed by atoms with Crippen molar-refractivity contribution >= 4 is 33.0 Å². The highest BCUT2D eigenvalue weighted by Gasteiger charge is 2.43. The summed E-state index contributed by atoms with van der Waals surface area (Å²) >= 11 is 6.49. The molecule has 1 aromatic heterocycles. The van der Waals surface area contributed by atoms with Gasteiger partial charge in [-0.2, -0.15) is 18.3 Å². The summed E-state index contributed by atoms with van der Waals surface area (Å²) in [5, 5.41) is 7.29. The molecule has 162 valence electrons. The van der Waals surface area contributed by atoms with E-state index < -0.39 is 40.7 Å². The van der Waals surface area contributed by atoms with E-state index in [-0.39, 0.29) is 27.8 Å². The molecule has 30 heavy (non-hydrogen) atoms. The Bertz CT molecular complexity index is 1120. The summed E-state index contributed by atoms with van der Waals surface area (Å²) in [6.07, 6.45) is -5.51. The Labute approximate surface area is 175 Å². The van der Waals surface area contributed by atoms with E-state index in [0.29, 0.717) is 22.7 Å². The van der Waals surface area contributed by atoms with E-state index in [2.05, 4.69) is 10.4 Å². The third-order valence-corrected chi connectivity index (χ3v) is 7.40. The van der Waals surface area contributed by atoms with Crippen LogP contribution in [0.3, 0.4) is 0 Å². The number of aryl methyl sites for hydroxylation is 1. The number of carbonyl (C=O) groups is 1. The zero-order chi connectivity index (χ0) is 21.8. The highest BCUT2D eigenvalue weighted by Crippen LogP contribution is 2.40. The molecule has 1 amide bonds. The molecule has 2 atom stereocenters. The summed E-state index contributed by atoms with van der Waals surface area (Å²) in [7, 11) is -3.22. The zero-order valence-corrected chi connectivity index (χ0v) is 17.4. The van der Waals surface area contributed by atoms with Crippen LogP contribution in [0.15, 0.2) is 24.3 Å². The van der Waals surface area contributed by atoms with Crippen LogP contribution >= 0.6 is 11.6 Å². The third-order valence-electron chi connectivity index (χ3n) is 5.27. The van der Waals surface area contributed by atoms with Gasteiger partial charge in [-0.3, -0.25) is 4.79 Å². The largest absolute Gasteiger partial charge is 0.406 e. The lowest BCUT2D eigenvalue weighted by Gasteiger charge is -2.38. The number of carbonyl (C=O) groups excluding carboxylic acids is 1. The molecule has 12 heteroatoms. The first kappa shape index (κ1) is 21.0. The molecule has 2 unspecified atom stereocenters. The Morgan fingerprint density at radius 3 is 2.63 bits per heavy atom. The van der Waals surface area contributed by atoms with E-state index in [1.807, 2.05) is 0 Å². The third kappa shape index (κ3) is 3.76. The second-order valence-electron chi connectivity index (χ2n) is 7.43. The number of alkyl halides is 3. The number of amides is 1. The van der Waals surface area contributed by atoms with Crippen molar-refractivity contribution in [1.82, 2.24) is 14.7 Å². The topological polar surface area (TPSA) is 84.3 Å². The van der Waals surface area contributed by atoms with E-state index in [0.717, 1.165) is 0 Å². The van der Waals surface area contributed by atoms with Gasteiger partial charge in [0.2, 0.25) is 0 Å². The first-order chi connectivity index (χ1) is 14.0. The van der Waals surface area contributed by atoms with E-state index in [9.17, 15) is 26.4 Å². The lowest BCUT2D eigenvalue weighted by molar-refractivity contribution is -0.144. The molecule has 3 heterocycles. The normalized spacial score (nSPS) is 23.4. The van der Waals surface area contributed by atoms with Crippen LogP contribution in [0, 0.1) is 6.92 Å². The quantitative estimate of drug-likeness (QED) is 0.756. The molecule has 2 aliphatic rings. The lowest BCUT2D eigenvalue weighted by Crippen LogP contribution is -2.47. The van der Waals surface area contributed by atoms with Crippen LogP contribution in [0.25, 0.3) is 0 Å². The maximum atomic E-state index is 13.3. The van der Waals surface area contributed by atoms with Gasteiger partial charge in [0.05, 0.1) is 34.4 Å². The van der Waals surface area contributed by atoms with Gasteiger partial charge in [0.1, 0.15) is 17.9 Å². The molecule has 1 N–H and O–H groups in total. The van der Waals surface area contributed by atoms with Gasteiger partial charge in [-0.15, -0.1) is 0 Å². The molecule has 1 saturated heterocycles. The van der Waals surface area contributed by atoms with Gasteiger partial charge < -0.3 is 10.2 Å². The van der Waals surface area contributed by atoms with E-state index in [1.54, 1.807) is 25.1 Å². The monoisotopic (exact) mass is 462 g/mol. The van der Waals surface area contributed by atoms with Gasteiger partial charge in [-0.1, -0.05) is 23.7 Å². The number of rotatable bonds is 3. The first-order valence-electron chi connectivity index (χ1n) is 9.15. The number of nitrogens with one attached hydrogen (secondary N) is 1. The molecule has 0 bridgehead atoms. The molecule has 1 aromatic carbocycles. The Kier molecular flexibility index (Phi) is 5.00. The predicted octanol–water partition coefficient (Wildman–Crippen LogP) is 3.33. The van der Waals surface area contributed by atoms with E-state index >= 15 is 0 Å². The summed E-state index contributed by atoms with van der Waals surface area (Å²) in [5.41, 5.74) is 1.05. The maximum Gasteiger partial charge on any atom is 0.406 e. The number of sulfone groups is 1. The van der Waals surface area contributed by atoms with E-state index in [1.165, 1.54) is 10.7 Å². The van der Waals surface area contributed by atoms with Gasteiger partial charge >= 0.3 is 6.18 Å². The van der Waals surface area contributed by atoms with Crippen molar-refractivity contribution in [2.75, 3.05) is 23.4 Å². The second kappa shape index (κ2) is 7.16. The highest BCUT2D eigenvalue weighted by molar-refractivity contribution is 7.91. The van der Waals surface area contributed by atoms with Crippen molar-refractivity contribution in [2.45, 2.75) is 31.7 Å². The smallest absolute Gasteiger partial charge is 0.361 e. The van der Waals surface area contributed by atoms with Gasteiger partial charge in [-0.25, -0.2) is 13.1 Å². The molecule has 0 spiro atoms. The minimum absolute atomic E-state index is 0.00399. The number of nitrogens with zero attached hydrogens (tertiary/aromatic N) is 3. The molecule has 4 rings (SSSR count). The van der Waals surface area contributed by atoms with Gasteiger partial charge in [0, 0.05) is 5.69 Å². The van der Waals surface area contributed by atoms with Crippen molar-refractivity contribution < 1.29 is 26.4 Å². The SMILES string of the molecule is Cc1nn(C2CCS(=O)(=O)C2)c(Cl)c1C1Nc2ccccc2C(=O)N1CC(F)(F)F. The number of benzene rings is 1. The summed E-state index contributed by atoms with van der Waals surface area (Å²) < 4.78 is 64.8. The van der Waals surface area contributed by atoms with Crippen LogP contribution in [0.2, 0.25) is 5.15 Å². The fraction of sp³-hybridized carbons (Fsp3) is 0.444. The lowest BCUT2D eigenvalue weighted by atomic mass is 10.0. The molecule has 2 aromatic rings. The second-order valence-corrected chi connectivity index (χ2v) is 10.0. The van der Waals surface area contributed by atoms with Crippen LogP contribution < -0.4 is 5.32 Å². The number of halogens is 4. The van der Waals surface area contributed by atoms with Gasteiger partial charge in [0.15, 0.2) is 9.84 Å². The van der Waals surface area contributed by atoms with E-state index in [4.69, 9.17) is 11.6 Å². The number of hydrogen-bond acceptors (Lipinski definition) is 5. The minimum atomic E-state index is -4.63. The number of anilines is 1. The molecular formula is C18H18ClF3N4O3S. The van der Waals surface area contributed by atoms with Crippen molar-refractivity contribution in [2.24, 2.45) is 0 Å². The number of hydrogen-bond donors (Lipinski definition) is 1. The standard InChI is InChI=1S/C18H18ClF3N4O3S/c1-10-14(15(19)26(24-10)11-6-7-30(28,29)8-11)16-23-13-5-3-2-4-12(13)17(27)25(16)9-18(20,21)22/h2-5,11,16,23H,6-9H2,1H3. The Hall–Kier alpha value is -2.27. The number of aromatic nitrogens is 2. The first-order valence-corrected chi connectivity index (χ1v) is 11.3. The van der Waals surface area contributed by atoms with Crippen LogP contribution in [0.4, 0.5) is 18.9 Å². The highest BCUT2D eigenvalue weighted by atomic mass is 35.5.